The van der Waals surface area contributed by atoms with Crippen LogP contribution in [0.5, 0.6) is 0 Å². The molecular weight excluding hydrogens is 593 g/mol. The number of nitriles is 2. The highest BCUT2D eigenvalue weighted by Crippen LogP contribution is 2.55. The largest absolute Gasteiger partial charge is 0.413 e. The Morgan fingerprint density at radius 3 is 2.46 bits per heavy atom. The zero-order valence-electron chi connectivity index (χ0n) is 25.7. The maximum Gasteiger partial charge on any atom is 0.413 e. The third-order valence-corrected chi connectivity index (χ3v) is 8.22. The second kappa shape index (κ2) is 11.2. The average Bonchev–Trinajstić information content (AvgIpc) is 3.41. The lowest BCUT2D eigenvalue weighted by molar-refractivity contribution is -0.182. The molecule has 0 radical (unpaired) electrons. The van der Waals surface area contributed by atoms with Gasteiger partial charge in [0, 0.05) is 36.2 Å². The first-order valence-corrected chi connectivity index (χ1v) is 14.7. The number of nitrogens with one attached hydrogen (secondary N) is 2. The molecule has 0 spiro atoms. The van der Waals surface area contributed by atoms with Crippen molar-refractivity contribution in [3.05, 3.63) is 89.1 Å². The molecule has 3 heterocycles. The smallest absolute Gasteiger partial charge is 0.383 e. The molecule has 2 N–H and O–H groups in total. The van der Waals surface area contributed by atoms with Gasteiger partial charge in [0.05, 0.1) is 40.3 Å². The minimum atomic E-state index is -4.47. The van der Waals surface area contributed by atoms with Crippen LogP contribution in [0.1, 0.15) is 67.6 Å². The molecule has 10 nitrogen and oxygen atoms in total. The van der Waals surface area contributed by atoms with Crippen molar-refractivity contribution in [2.24, 2.45) is 5.41 Å². The molecule has 1 aliphatic rings. The van der Waals surface area contributed by atoms with Gasteiger partial charge in [0.15, 0.2) is 5.54 Å². The predicted octanol–water partition coefficient (Wildman–Crippen LogP) is 6.77. The molecule has 5 aromatic rings. The van der Waals surface area contributed by atoms with E-state index >= 15 is 0 Å². The number of aromatic nitrogens is 6. The molecule has 1 atom stereocenters. The quantitative estimate of drug-likeness (QED) is 0.193. The van der Waals surface area contributed by atoms with E-state index in [4.69, 9.17) is 0 Å². The van der Waals surface area contributed by atoms with E-state index in [1.807, 2.05) is 25.1 Å². The summed E-state index contributed by atoms with van der Waals surface area (Å²) >= 11 is 0. The number of halogens is 3. The molecule has 0 bridgehead atoms. The lowest BCUT2D eigenvalue weighted by Crippen LogP contribution is -2.35. The molecule has 1 fully saturated rings. The summed E-state index contributed by atoms with van der Waals surface area (Å²) in [5.41, 5.74) is 2.45. The van der Waals surface area contributed by atoms with Crippen LogP contribution in [0, 0.1) is 35.0 Å². The Morgan fingerprint density at radius 2 is 1.83 bits per heavy atom. The Labute approximate surface area is 263 Å². The van der Waals surface area contributed by atoms with Crippen molar-refractivity contribution in [2.75, 3.05) is 17.2 Å². The Hall–Kier alpha value is -5.43. The van der Waals surface area contributed by atoms with E-state index in [0.717, 1.165) is 21.5 Å². The minimum Gasteiger partial charge on any atom is -0.383 e. The summed E-state index contributed by atoms with van der Waals surface area (Å²) in [5.74, 6) is 0. The highest BCUT2D eigenvalue weighted by atomic mass is 19.4. The third-order valence-electron chi connectivity index (χ3n) is 8.22. The molecule has 3 aromatic heterocycles. The number of nitrogens with zero attached hydrogens (tertiary/aromatic N) is 8. The molecule has 13 heteroatoms. The zero-order valence-corrected chi connectivity index (χ0v) is 25.7. The summed E-state index contributed by atoms with van der Waals surface area (Å²) in [5, 5.41) is 39.9. The first kappa shape index (κ1) is 30.6. The van der Waals surface area contributed by atoms with Crippen molar-refractivity contribution in [3.8, 4) is 17.8 Å². The number of alkyl halides is 3. The van der Waals surface area contributed by atoms with Crippen LogP contribution in [0.25, 0.3) is 16.6 Å². The molecule has 1 saturated carbocycles. The molecule has 0 unspecified atom stereocenters. The molecule has 0 amide bonds. The standard InChI is InChI=1S/C33H31F3N10/c1-20-24(7-5-8-27(20)45-12-6-11-41-45)30(26-18-46(44-43-26)32(9-10-32)33(34,35)36)42-23-13-21(15-37)28-25(14-23)29(22(16-38)17-39-28)40-19-31(2,3)4/h5-8,11-14,17-18,30,42H,9-10,19H2,1-4H3,(H,39,40)/t30-/m0/s1. The van der Waals surface area contributed by atoms with Crippen LogP contribution in [-0.2, 0) is 5.54 Å². The van der Waals surface area contributed by atoms with E-state index in [1.165, 1.54) is 12.4 Å². The van der Waals surface area contributed by atoms with Gasteiger partial charge < -0.3 is 10.6 Å². The second-order valence-corrected chi connectivity index (χ2v) is 12.7. The van der Waals surface area contributed by atoms with Gasteiger partial charge in [-0.3, -0.25) is 4.98 Å². The number of hydrogen-bond acceptors (Lipinski definition) is 8. The van der Waals surface area contributed by atoms with E-state index in [9.17, 15) is 23.7 Å². The minimum absolute atomic E-state index is 0.0695. The van der Waals surface area contributed by atoms with Crippen LogP contribution in [0.15, 0.2) is 61.2 Å². The van der Waals surface area contributed by atoms with E-state index in [-0.39, 0.29) is 29.5 Å². The highest BCUT2D eigenvalue weighted by Gasteiger charge is 2.66. The molecule has 234 valence electrons. The van der Waals surface area contributed by atoms with Crippen molar-refractivity contribution in [3.63, 3.8) is 0 Å². The number of fused-ring (bicyclic) bond motifs is 1. The molecular formula is C33H31F3N10. The number of rotatable bonds is 8. The van der Waals surface area contributed by atoms with Crippen LogP contribution in [0.4, 0.5) is 24.5 Å². The molecule has 6 rings (SSSR count). The Morgan fingerprint density at radius 1 is 1.07 bits per heavy atom. The van der Waals surface area contributed by atoms with Crippen LogP contribution < -0.4 is 10.6 Å². The average molecular weight is 625 g/mol. The maximum atomic E-state index is 14.0. The van der Waals surface area contributed by atoms with Gasteiger partial charge in [-0.15, -0.1) is 5.10 Å². The number of pyridine rings is 1. The van der Waals surface area contributed by atoms with Gasteiger partial charge in [0.25, 0.3) is 0 Å². The van der Waals surface area contributed by atoms with E-state index in [0.29, 0.717) is 34.4 Å². The van der Waals surface area contributed by atoms with Gasteiger partial charge in [-0.2, -0.15) is 28.8 Å². The maximum absolute atomic E-state index is 14.0. The fourth-order valence-electron chi connectivity index (χ4n) is 5.57. The van der Waals surface area contributed by atoms with Crippen molar-refractivity contribution in [1.82, 2.24) is 29.8 Å². The number of hydrogen-bond donors (Lipinski definition) is 2. The Balaban J connectivity index is 1.50. The lowest BCUT2D eigenvalue weighted by atomic mass is 9.95. The number of anilines is 2. The summed E-state index contributed by atoms with van der Waals surface area (Å²) in [4.78, 5) is 4.42. The summed E-state index contributed by atoms with van der Waals surface area (Å²) in [6.07, 6.45) is 1.64. The molecule has 1 aliphatic carbocycles. The summed E-state index contributed by atoms with van der Waals surface area (Å²) in [7, 11) is 0. The van der Waals surface area contributed by atoms with Gasteiger partial charge in [-0.25, -0.2) is 9.36 Å². The topological polar surface area (TPSA) is 133 Å². The van der Waals surface area contributed by atoms with Crippen LogP contribution in [0.3, 0.4) is 0 Å². The first-order valence-electron chi connectivity index (χ1n) is 14.7. The summed E-state index contributed by atoms with van der Waals surface area (Å²) in [6.45, 7) is 8.64. The molecule has 2 aromatic carbocycles. The van der Waals surface area contributed by atoms with Gasteiger partial charge >= 0.3 is 6.18 Å². The normalized spacial score (nSPS) is 14.8. The summed E-state index contributed by atoms with van der Waals surface area (Å²) < 4.78 is 44.7. The lowest BCUT2D eigenvalue weighted by Gasteiger charge is -2.24. The molecule has 0 aliphatic heterocycles. The third kappa shape index (κ3) is 5.49. The highest BCUT2D eigenvalue weighted by molar-refractivity contribution is 5.99. The van der Waals surface area contributed by atoms with Crippen LogP contribution >= 0.6 is 0 Å². The zero-order chi connectivity index (χ0) is 32.9. The fraction of sp³-hybridized carbons (Fsp3) is 0.333. The number of benzene rings is 2. The van der Waals surface area contributed by atoms with Crippen molar-refractivity contribution in [1.29, 1.82) is 10.5 Å². The fourth-order valence-corrected chi connectivity index (χ4v) is 5.57. The van der Waals surface area contributed by atoms with Gasteiger partial charge in [0.1, 0.15) is 17.8 Å². The molecule has 46 heavy (non-hydrogen) atoms. The first-order chi connectivity index (χ1) is 21.8. The van der Waals surface area contributed by atoms with Crippen molar-refractivity contribution < 1.29 is 13.2 Å². The van der Waals surface area contributed by atoms with Crippen molar-refractivity contribution in [2.45, 2.75) is 58.3 Å². The summed E-state index contributed by atoms with van der Waals surface area (Å²) in [6, 6.07) is 14.5. The van der Waals surface area contributed by atoms with E-state index in [2.05, 4.69) is 63.9 Å². The Kier molecular flexibility index (Phi) is 7.43. The Bertz CT molecular complexity index is 2000. The molecule has 0 saturated heterocycles. The predicted molar refractivity (Wildman–Crippen MR) is 166 cm³/mol. The van der Waals surface area contributed by atoms with Crippen LogP contribution in [0.2, 0.25) is 0 Å². The van der Waals surface area contributed by atoms with Gasteiger partial charge in [0.2, 0.25) is 0 Å². The van der Waals surface area contributed by atoms with E-state index < -0.39 is 17.8 Å². The SMILES string of the molecule is Cc1c([C@H](Nc2cc(C#N)c3ncc(C#N)c(NCC(C)(C)C)c3c2)c2cn(C3(C(F)(F)F)CC3)nn2)cccc1-n1cccn1. The van der Waals surface area contributed by atoms with Gasteiger partial charge in [-0.05, 0) is 60.6 Å². The monoisotopic (exact) mass is 624 g/mol. The second-order valence-electron chi connectivity index (χ2n) is 12.7. The van der Waals surface area contributed by atoms with E-state index in [1.54, 1.807) is 35.3 Å². The van der Waals surface area contributed by atoms with Crippen molar-refractivity contribution >= 4 is 22.3 Å². The van der Waals surface area contributed by atoms with Crippen LogP contribution in [-0.4, -0.2) is 42.5 Å². The van der Waals surface area contributed by atoms with Gasteiger partial charge in [-0.1, -0.05) is 38.1 Å².